The molecule has 0 saturated heterocycles. The molecule has 1 fully saturated rings. The molecule has 1 rings (SSSR count). The molecule has 1 aliphatic carbocycles. The van der Waals surface area contributed by atoms with Crippen LogP contribution < -0.4 is 11.3 Å². The van der Waals surface area contributed by atoms with Gasteiger partial charge in [0.05, 0.1) is 0 Å². The lowest BCUT2D eigenvalue weighted by atomic mass is 10.1. The van der Waals surface area contributed by atoms with Crippen LogP contribution in [0.15, 0.2) is 0 Å². The number of carbonyl (C=O) groups is 1. The number of amides is 1. The van der Waals surface area contributed by atoms with Gasteiger partial charge in [0.1, 0.15) is 0 Å². The van der Waals surface area contributed by atoms with E-state index < -0.39 is 0 Å². The summed E-state index contributed by atoms with van der Waals surface area (Å²) in [4.78, 5) is 11.0. The number of hydrazine groups is 1. The summed E-state index contributed by atoms with van der Waals surface area (Å²) in [6, 6.07) is 0. The van der Waals surface area contributed by atoms with Crippen molar-refractivity contribution in [2.24, 2.45) is 11.8 Å². The molecule has 1 amide bonds. The number of nitrogens with two attached hydrogens (primary N) is 1. The average Bonchev–Trinajstić information content (AvgIpc) is 2.67. The maximum Gasteiger partial charge on any atom is 0.234 e. The maximum absolute atomic E-state index is 11.0. The molecular weight excluding hydrogens is 196 g/mol. The van der Waals surface area contributed by atoms with E-state index >= 15 is 0 Å². The van der Waals surface area contributed by atoms with Gasteiger partial charge < -0.3 is 0 Å². The Balaban J connectivity index is 2.07. The van der Waals surface area contributed by atoms with E-state index in [-0.39, 0.29) is 5.91 Å². The largest absolute Gasteiger partial charge is 0.294 e. The smallest absolute Gasteiger partial charge is 0.234 e. The molecule has 14 heavy (non-hydrogen) atoms. The summed E-state index contributed by atoms with van der Waals surface area (Å²) >= 11 is 1.90. The molecule has 1 aliphatic rings. The highest BCUT2D eigenvalue weighted by Crippen LogP contribution is 2.29. The van der Waals surface area contributed by atoms with Crippen LogP contribution in [0.1, 0.15) is 39.0 Å². The van der Waals surface area contributed by atoms with Crippen molar-refractivity contribution in [1.29, 1.82) is 0 Å². The van der Waals surface area contributed by atoms with Gasteiger partial charge in [-0.2, -0.15) is 11.8 Å². The minimum atomic E-state index is -0.0589. The molecule has 3 N–H and O–H groups in total. The van der Waals surface area contributed by atoms with Gasteiger partial charge in [-0.25, -0.2) is 5.84 Å². The summed E-state index contributed by atoms with van der Waals surface area (Å²) in [5.41, 5.74) is 2.17. The molecule has 0 heterocycles. The molecule has 0 aromatic carbocycles. The molecule has 0 aromatic rings. The summed E-state index contributed by atoms with van der Waals surface area (Å²) in [6.45, 7) is 2.09. The van der Waals surface area contributed by atoms with Crippen molar-refractivity contribution in [1.82, 2.24) is 5.43 Å². The molecular formula is C10H20N2OS. The van der Waals surface area contributed by atoms with Gasteiger partial charge in [0.2, 0.25) is 5.91 Å². The molecule has 0 aliphatic heterocycles. The minimum Gasteiger partial charge on any atom is -0.294 e. The fourth-order valence-corrected chi connectivity index (χ4v) is 3.06. The molecule has 1 unspecified atom stereocenters. The Morgan fingerprint density at radius 3 is 2.79 bits per heavy atom. The first-order chi connectivity index (χ1) is 6.72. The SMILES string of the molecule is CC(CC(=O)NN)SCC1CCCC1. The standard InChI is InChI=1S/C10H20N2OS/c1-8(6-10(13)12-11)14-7-9-4-2-3-5-9/h8-9H,2-7,11H2,1H3,(H,12,13). The molecule has 0 spiro atoms. The lowest BCUT2D eigenvalue weighted by molar-refractivity contribution is -0.121. The summed E-state index contributed by atoms with van der Waals surface area (Å²) in [7, 11) is 0. The zero-order valence-electron chi connectivity index (χ0n) is 8.79. The maximum atomic E-state index is 11.0. The molecule has 4 heteroatoms. The second-order valence-corrected chi connectivity index (χ2v) is 5.54. The predicted octanol–water partition coefficient (Wildman–Crippen LogP) is 1.68. The van der Waals surface area contributed by atoms with Crippen LogP contribution in [0, 0.1) is 5.92 Å². The fraction of sp³-hybridized carbons (Fsp3) is 0.900. The number of rotatable bonds is 5. The fourth-order valence-electron chi connectivity index (χ4n) is 1.86. The zero-order chi connectivity index (χ0) is 10.4. The van der Waals surface area contributed by atoms with Crippen LogP contribution in [0.5, 0.6) is 0 Å². The van der Waals surface area contributed by atoms with Crippen LogP contribution in [0.4, 0.5) is 0 Å². The first-order valence-electron chi connectivity index (χ1n) is 5.33. The van der Waals surface area contributed by atoms with Gasteiger partial charge in [0.25, 0.3) is 0 Å². The van der Waals surface area contributed by atoms with E-state index in [1.165, 1.54) is 31.4 Å². The summed E-state index contributed by atoms with van der Waals surface area (Å²) in [5, 5.41) is 0.388. The van der Waals surface area contributed by atoms with Gasteiger partial charge in [-0.15, -0.1) is 0 Å². The molecule has 82 valence electrons. The van der Waals surface area contributed by atoms with E-state index in [9.17, 15) is 4.79 Å². The van der Waals surface area contributed by atoms with Crippen LogP contribution >= 0.6 is 11.8 Å². The quantitative estimate of drug-likeness (QED) is 0.417. The highest BCUT2D eigenvalue weighted by molar-refractivity contribution is 7.99. The van der Waals surface area contributed by atoms with Crippen molar-refractivity contribution >= 4 is 17.7 Å². The monoisotopic (exact) mass is 216 g/mol. The van der Waals surface area contributed by atoms with Crippen LogP contribution in [-0.4, -0.2) is 16.9 Å². The third-order valence-corrected chi connectivity index (χ3v) is 4.12. The van der Waals surface area contributed by atoms with Gasteiger partial charge in [-0.05, 0) is 24.5 Å². The first kappa shape index (κ1) is 11.9. The minimum absolute atomic E-state index is 0.0589. The topological polar surface area (TPSA) is 55.1 Å². The van der Waals surface area contributed by atoms with Gasteiger partial charge >= 0.3 is 0 Å². The van der Waals surface area contributed by atoms with E-state index in [1.54, 1.807) is 0 Å². The van der Waals surface area contributed by atoms with E-state index in [4.69, 9.17) is 5.84 Å². The highest BCUT2D eigenvalue weighted by atomic mass is 32.2. The van der Waals surface area contributed by atoms with Crippen molar-refractivity contribution in [3.05, 3.63) is 0 Å². The third-order valence-electron chi connectivity index (χ3n) is 2.73. The molecule has 0 bridgehead atoms. The lowest BCUT2D eigenvalue weighted by Gasteiger charge is -2.13. The average molecular weight is 216 g/mol. The summed E-state index contributed by atoms with van der Waals surface area (Å²) in [6.07, 6.45) is 6.07. The molecule has 0 radical (unpaired) electrons. The van der Waals surface area contributed by atoms with E-state index in [1.807, 2.05) is 11.8 Å². The predicted molar refractivity (Wildman–Crippen MR) is 60.8 cm³/mol. The Morgan fingerprint density at radius 1 is 1.57 bits per heavy atom. The third kappa shape index (κ3) is 4.33. The normalized spacial score (nSPS) is 19.6. The van der Waals surface area contributed by atoms with Gasteiger partial charge in [-0.3, -0.25) is 10.2 Å². The van der Waals surface area contributed by atoms with Crippen molar-refractivity contribution in [2.45, 2.75) is 44.3 Å². The number of nitrogens with one attached hydrogen (secondary N) is 1. The Labute approximate surface area is 90.2 Å². The van der Waals surface area contributed by atoms with Gasteiger partial charge in [0, 0.05) is 11.7 Å². The molecule has 3 nitrogen and oxygen atoms in total. The van der Waals surface area contributed by atoms with Crippen LogP contribution in [0.25, 0.3) is 0 Å². The second-order valence-electron chi connectivity index (χ2n) is 4.07. The Morgan fingerprint density at radius 2 is 2.21 bits per heavy atom. The van der Waals surface area contributed by atoms with Crippen molar-refractivity contribution in [3.8, 4) is 0 Å². The van der Waals surface area contributed by atoms with Crippen LogP contribution in [0.2, 0.25) is 0 Å². The number of hydrogen-bond acceptors (Lipinski definition) is 3. The zero-order valence-corrected chi connectivity index (χ0v) is 9.61. The van der Waals surface area contributed by atoms with Gasteiger partial charge in [0.15, 0.2) is 0 Å². The lowest BCUT2D eigenvalue weighted by Crippen LogP contribution is -2.31. The van der Waals surface area contributed by atoms with Crippen molar-refractivity contribution in [3.63, 3.8) is 0 Å². The molecule has 1 saturated carbocycles. The van der Waals surface area contributed by atoms with Crippen LogP contribution in [0.3, 0.4) is 0 Å². The molecule has 0 aromatic heterocycles. The number of carbonyl (C=O) groups excluding carboxylic acids is 1. The Kier molecular flexibility index (Phi) is 5.33. The summed E-state index contributed by atoms with van der Waals surface area (Å²) < 4.78 is 0. The number of thioether (sulfide) groups is 1. The summed E-state index contributed by atoms with van der Waals surface area (Å²) in [5.74, 6) is 7.07. The highest BCUT2D eigenvalue weighted by Gasteiger charge is 2.17. The van der Waals surface area contributed by atoms with Crippen molar-refractivity contribution < 1.29 is 4.79 Å². The van der Waals surface area contributed by atoms with E-state index in [2.05, 4.69) is 12.3 Å². The Bertz CT molecular complexity index is 181. The van der Waals surface area contributed by atoms with Gasteiger partial charge in [-0.1, -0.05) is 19.8 Å². The second kappa shape index (κ2) is 6.30. The molecule has 1 atom stereocenters. The first-order valence-corrected chi connectivity index (χ1v) is 6.38. The Hall–Kier alpha value is -0.220. The van der Waals surface area contributed by atoms with Crippen LogP contribution in [-0.2, 0) is 4.79 Å². The van der Waals surface area contributed by atoms with Crippen molar-refractivity contribution in [2.75, 3.05) is 5.75 Å². The van der Waals surface area contributed by atoms with E-state index in [0.717, 1.165) is 5.92 Å². The van der Waals surface area contributed by atoms with E-state index in [0.29, 0.717) is 11.7 Å². The number of hydrogen-bond donors (Lipinski definition) is 2.